The van der Waals surface area contributed by atoms with Gasteiger partial charge in [0.15, 0.2) is 5.75 Å². The predicted octanol–water partition coefficient (Wildman–Crippen LogP) is 3.20. The lowest BCUT2D eigenvalue weighted by atomic mass is 10.3. The molecule has 3 N–H and O–H groups in total. The molecule has 2 aromatic rings. The molecular weight excluding hydrogens is 437 g/mol. The number of aromatic nitrogens is 1. The molecule has 3 rings (SSSR count). The molecule has 1 aliphatic carbocycles. The highest BCUT2D eigenvalue weighted by Crippen LogP contribution is 2.39. The molecule has 10 nitrogen and oxygen atoms in total. The van der Waals surface area contributed by atoms with Gasteiger partial charge in [-0.15, -0.1) is 0 Å². The number of amides is 1. The molecule has 0 atom stereocenters. The van der Waals surface area contributed by atoms with Crippen LogP contribution < -0.4 is 21.5 Å². The smallest absolute Gasteiger partial charge is 0.412 e. The van der Waals surface area contributed by atoms with E-state index in [4.69, 9.17) is 38.9 Å². The van der Waals surface area contributed by atoms with E-state index in [1.54, 1.807) is 10.8 Å². The Kier molecular flexibility index (Phi) is 6.25. The summed E-state index contributed by atoms with van der Waals surface area (Å²) < 4.78 is 11.4. The average molecular weight is 450 g/mol. The molecule has 0 spiro atoms. The SMILES string of the molecule is N#CC(=NNc1cc(Cl)c(Oc2ccc(=O)n(C3CC3)c2)c(Cl)c1)C(=O)OC(N)=O. The number of nitrogens with zero attached hydrogens (tertiary/aromatic N) is 3. The molecule has 1 aromatic carbocycles. The van der Waals surface area contributed by atoms with Crippen LogP contribution >= 0.6 is 23.2 Å². The Labute approximate surface area is 179 Å². The van der Waals surface area contributed by atoms with Crippen molar-refractivity contribution in [2.45, 2.75) is 18.9 Å². The number of carbonyl (C=O) groups excluding carboxylic acids is 2. The van der Waals surface area contributed by atoms with Crippen LogP contribution in [0.1, 0.15) is 18.9 Å². The Morgan fingerprint density at radius 1 is 1.27 bits per heavy atom. The molecule has 1 amide bonds. The van der Waals surface area contributed by atoms with Gasteiger partial charge in [-0.05, 0) is 31.0 Å². The van der Waals surface area contributed by atoms with Crippen molar-refractivity contribution in [2.75, 3.05) is 5.43 Å². The van der Waals surface area contributed by atoms with Crippen LogP contribution in [-0.2, 0) is 9.53 Å². The zero-order chi connectivity index (χ0) is 21.8. The fraction of sp³-hybridized carbons (Fsp3) is 0.167. The lowest BCUT2D eigenvalue weighted by molar-refractivity contribution is -0.129. The molecule has 12 heteroatoms. The largest absolute Gasteiger partial charge is 0.453 e. The quantitative estimate of drug-likeness (QED) is 0.297. The number of esters is 1. The van der Waals surface area contributed by atoms with Crippen molar-refractivity contribution in [1.82, 2.24) is 4.57 Å². The highest BCUT2D eigenvalue weighted by Gasteiger charge is 2.24. The third-order valence-electron chi connectivity index (χ3n) is 3.86. The van der Waals surface area contributed by atoms with Crippen LogP contribution in [0.15, 0.2) is 40.4 Å². The summed E-state index contributed by atoms with van der Waals surface area (Å²) in [6, 6.07) is 7.31. The minimum absolute atomic E-state index is 0.0996. The molecule has 154 valence electrons. The second-order valence-corrected chi connectivity index (χ2v) is 6.92. The third-order valence-corrected chi connectivity index (χ3v) is 4.42. The number of benzene rings is 1. The summed E-state index contributed by atoms with van der Waals surface area (Å²) in [5, 5.41) is 12.7. The average Bonchev–Trinajstić information content (AvgIpc) is 3.51. The van der Waals surface area contributed by atoms with E-state index in [0.717, 1.165) is 12.8 Å². The molecule has 1 aromatic heterocycles. The maximum atomic E-state index is 11.9. The van der Waals surface area contributed by atoms with Crippen LogP contribution in [0, 0.1) is 11.3 Å². The van der Waals surface area contributed by atoms with Crippen molar-refractivity contribution in [3.8, 4) is 17.6 Å². The first-order valence-electron chi connectivity index (χ1n) is 8.43. The fourth-order valence-corrected chi connectivity index (χ4v) is 2.96. The second-order valence-electron chi connectivity index (χ2n) is 6.11. The molecule has 1 heterocycles. The van der Waals surface area contributed by atoms with Crippen LogP contribution in [-0.4, -0.2) is 22.3 Å². The lowest BCUT2D eigenvalue weighted by Gasteiger charge is -2.13. The molecule has 1 fully saturated rings. The number of nitrogens with two attached hydrogens (primary N) is 1. The van der Waals surface area contributed by atoms with E-state index in [-0.39, 0.29) is 33.1 Å². The Hall–Kier alpha value is -3.55. The zero-order valence-corrected chi connectivity index (χ0v) is 16.6. The predicted molar refractivity (Wildman–Crippen MR) is 108 cm³/mol. The summed E-state index contributed by atoms with van der Waals surface area (Å²) in [5.74, 6) is -0.798. The summed E-state index contributed by atoms with van der Waals surface area (Å²) in [6.45, 7) is 0. The van der Waals surface area contributed by atoms with Gasteiger partial charge in [0.05, 0.1) is 21.9 Å². The van der Waals surface area contributed by atoms with Gasteiger partial charge in [-0.1, -0.05) is 23.2 Å². The molecule has 0 aliphatic heterocycles. The molecule has 30 heavy (non-hydrogen) atoms. The van der Waals surface area contributed by atoms with Gasteiger partial charge in [-0.25, -0.2) is 9.59 Å². The minimum Gasteiger partial charge on any atom is -0.453 e. The van der Waals surface area contributed by atoms with Crippen LogP contribution in [0.3, 0.4) is 0 Å². The summed E-state index contributed by atoms with van der Waals surface area (Å²) in [7, 11) is 0. The van der Waals surface area contributed by atoms with Crippen molar-refractivity contribution >= 4 is 46.7 Å². The zero-order valence-electron chi connectivity index (χ0n) is 15.1. The number of pyridine rings is 1. The second kappa shape index (κ2) is 8.86. The van der Waals surface area contributed by atoms with Gasteiger partial charge in [0, 0.05) is 12.1 Å². The first kappa shape index (κ1) is 21.2. The van der Waals surface area contributed by atoms with E-state index < -0.39 is 17.8 Å². The van der Waals surface area contributed by atoms with E-state index in [1.165, 1.54) is 30.3 Å². The van der Waals surface area contributed by atoms with Gasteiger partial charge < -0.3 is 19.8 Å². The molecule has 0 bridgehead atoms. The number of ether oxygens (including phenoxy) is 2. The Morgan fingerprint density at radius 2 is 1.93 bits per heavy atom. The van der Waals surface area contributed by atoms with Crippen molar-refractivity contribution in [1.29, 1.82) is 5.26 Å². The van der Waals surface area contributed by atoms with Crippen molar-refractivity contribution in [2.24, 2.45) is 10.8 Å². The van der Waals surface area contributed by atoms with Crippen molar-refractivity contribution in [3.05, 3.63) is 50.9 Å². The topological polar surface area (TPSA) is 149 Å². The summed E-state index contributed by atoms with van der Waals surface area (Å²) in [4.78, 5) is 34.0. The number of hydrazone groups is 1. The maximum Gasteiger partial charge on any atom is 0.412 e. The first-order valence-corrected chi connectivity index (χ1v) is 9.18. The van der Waals surface area contributed by atoms with Crippen molar-refractivity contribution < 1.29 is 19.1 Å². The standard InChI is InChI=1S/C18H13Cl2N5O5/c19-12-5-9(23-24-14(7-21)17(27)30-18(22)28)6-13(20)16(12)29-11-3-4-15(26)25(8-11)10-1-2-10/h3-6,8,10,23H,1-2H2,(H2,22,28). The monoisotopic (exact) mass is 449 g/mol. The van der Waals surface area contributed by atoms with Gasteiger partial charge in [0.25, 0.3) is 5.56 Å². The highest BCUT2D eigenvalue weighted by molar-refractivity contribution is 6.44. The molecule has 0 unspecified atom stereocenters. The van der Waals surface area contributed by atoms with Crippen LogP contribution in [0.4, 0.5) is 10.5 Å². The number of hydrogen-bond donors (Lipinski definition) is 2. The van der Waals surface area contributed by atoms with Crippen LogP contribution in [0.2, 0.25) is 10.0 Å². The molecule has 1 saturated carbocycles. The summed E-state index contributed by atoms with van der Waals surface area (Å²) in [6.07, 6.45) is 2.09. The Morgan fingerprint density at radius 3 is 2.50 bits per heavy atom. The van der Waals surface area contributed by atoms with E-state index in [0.29, 0.717) is 5.75 Å². The third kappa shape index (κ3) is 5.08. The van der Waals surface area contributed by atoms with E-state index in [2.05, 4.69) is 15.3 Å². The minimum atomic E-state index is -1.37. The highest BCUT2D eigenvalue weighted by atomic mass is 35.5. The van der Waals surface area contributed by atoms with Crippen LogP contribution in [0.5, 0.6) is 11.5 Å². The summed E-state index contributed by atoms with van der Waals surface area (Å²) in [5.41, 5.74) is 6.47. The van der Waals surface area contributed by atoms with Gasteiger partial charge in [-0.3, -0.25) is 10.2 Å². The van der Waals surface area contributed by atoms with Gasteiger partial charge in [-0.2, -0.15) is 10.4 Å². The summed E-state index contributed by atoms with van der Waals surface area (Å²) >= 11 is 12.5. The number of primary amides is 1. The Bertz CT molecular complexity index is 1130. The number of nitrogens with one attached hydrogen (secondary N) is 1. The van der Waals surface area contributed by atoms with E-state index in [9.17, 15) is 14.4 Å². The normalized spacial score (nSPS) is 13.3. The van der Waals surface area contributed by atoms with Crippen molar-refractivity contribution in [3.63, 3.8) is 0 Å². The molecule has 0 radical (unpaired) electrons. The number of rotatable bonds is 6. The Balaban J connectivity index is 1.79. The van der Waals surface area contributed by atoms with Gasteiger partial charge in [0.2, 0.25) is 5.71 Å². The molecule has 1 aliphatic rings. The lowest BCUT2D eigenvalue weighted by Crippen LogP contribution is -2.24. The van der Waals surface area contributed by atoms with E-state index >= 15 is 0 Å². The first-order chi connectivity index (χ1) is 14.3. The van der Waals surface area contributed by atoms with Gasteiger partial charge in [0.1, 0.15) is 11.8 Å². The van der Waals surface area contributed by atoms with Crippen LogP contribution in [0.25, 0.3) is 0 Å². The number of halogens is 2. The maximum absolute atomic E-state index is 11.9. The number of nitriles is 1. The number of hydrogen-bond acceptors (Lipinski definition) is 8. The van der Waals surface area contributed by atoms with E-state index in [1.807, 2.05) is 0 Å². The molecular formula is C18H13Cl2N5O5. The van der Waals surface area contributed by atoms with Gasteiger partial charge >= 0.3 is 12.1 Å². The number of carbonyl (C=O) groups is 2. The molecule has 0 saturated heterocycles. The number of anilines is 1. The fourth-order valence-electron chi connectivity index (χ4n) is 2.40.